The zero-order chi connectivity index (χ0) is 35.7. The van der Waals surface area contributed by atoms with E-state index in [0.717, 1.165) is 31.4 Å². The van der Waals surface area contributed by atoms with Crippen molar-refractivity contribution in [2.24, 2.45) is 0 Å². The van der Waals surface area contributed by atoms with E-state index >= 15 is 0 Å². The Morgan fingerprint density at radius 2 is 1.04 bits per heavy atom. The van der Waals surface area contributed by atoms with E-state index < -0.39 is 72.2 Å². The molecule has 0 saturated heterocycles. The predicted octanol–water partition coefficient (Wildman–Crippen LogP) is 10.7. The van der Waals surface area contributed by atoms with Gasteiger partial charge in [0.2, 0.25) is 0 Å². The minimum atomic E-state index is -8.71. The largest absolute Gasteiger partial charge is 0.491 e. The highest BCUT2D eigenvalue weighted by Crippen LogP contribution is 2.64. The third kappa shape index (κ3) is 7.55. The zero-order valence-electron chi connectivity index (χ0n) is 22.0. The van der Waals surface area contributed by atoms with Gasteiger partial charge in [0.25, 0.3) is 0 Å². The number of unbranched alkanes of at least 4 members (excludes halogenated alkanes) is 3. The third-order valence-electron chi connectivity index (χ3n) is 5.91. The Bertz CT molecular complexity index is 1160. The maximum absolute atomic E-state index is 14.0. The molecule has 0 bridgehead atoms. The highest BCUT2D eigenvalue weighted by molar-refractivity contribution is 9.11. The van der Waals surface area contributed by atoms with Crippen LogP contribution in [0.3, 0.4) is 0 Å². The van der Waals surface area contributed by atoms with Crippen molar-refractivity contribution in [1.82, 2.24) is 0 Å². The molecular formula is C23H19Br2F17O3. The van der Waals surface area contributed by atoms with E-state index in [1.54, 1.807) is 0 Å². The second-order valence-corrected chi connectivity index (χ2v) is 10.9. The molecule has 0 saturated carbocycles. The fourth-order valence-corrected chi connectivity index (χ4v) is 4.64. The summed E-state index contributed by atoms with van der Waals surface area (Å²) in [7, 11) is 0. The summed E-state index contributed by atoms with van der Waals surface area (Å²) in [6.07, 6.45) is -7.45. The number of carbonyl (C=O) groups is 1. The Morgan fingerprint density at radius 1 is 0.622 bits per heavy atom. The first-order chi connectivity index (χ1) is 20.0. The van der Waals surface area contributed by atoms with Crippen LogP contribution in [0, 0.1) is 0 Å². The number of halogens is 19. The number of rotatable bonds is 16. The molecule has 0 aromatic heterocycles. The second-order valence-electron chi connectivity index (χ2n) is 9.21. The lowest BCUT2D eigenvalue weighted by Crippen LogP contribution is -2.74. The highest BCUT2D eigenvalue weighted by atomic mass is 79.9. The summed E-state index contributed by atoms with van der Waals surface area (Å²) in [6.45, 7) is 0.115. The van der Waals surface area contributed by atoms with E-state index in [1.165, 1.54) is 0 Å². The molecule has 0 amide bonds. The Kier molecular flexibility index (Phi) is 12.6. The highest BCUT2D eigenvalue weighted by Gasteiger charge is 2.95. The summed E-state index contributed by atoms with van der Waals surface area (Å²) in [4.78, 5) is 12.2. The van der Waals surface area contributed by atoms with Crippen molar-refractivity contribution in [3.63, 3.8) is 0 Å². The van der Waals surface area contributed by atoms with Crippen molar-refractivity contribution < 1.29 is 88.9 Å². The lowest BCUT2D eigenvalue weighted by molar-refractivity contribution is -0.461. The van der Waals surface area contributed by atoms with Crippen LogP contribution in [0.25, 0.3) is 0 Å². The quantitative estimate of drug-likeness (QED) is 0.0946. The van der Waals surface area contributed by atoms with Gasteiger partial charge in [0.15, 0.2) is 0 Å². The molecule has 1 aromatic rings. The van der Waals surface area contributed by atoms with Gasteiger partial charge in [-0.15, -0.1) is 0 Å². The molecule has 0 spiro atoms. The van der Waals surface area contributed by atoms with Crippen LogP contribution in [0.4, 0.5) is 74.6 Å². The molecular weight excluding hydrogens is 807 g/mol. The molecule has 1 aromatic carbocycles. The molecule has 0 aliphatic rings. The van der Waals surface area contributed by atoms with Crippen LogP contribution >= 0.6 is 31.9 Å². The van der Waals surface area contributed by atoms with Crippen LogP contribution in [-0.4, -0.2) is 66.8 Å². The molecule has 45 heavy (non-hydrogen) atoms. The fraction of sp³-hybridized carbons (Fsp3) is 0.696. The summed E-state index contributed by atoms with van der Waals surface area (Å²) in [5, 5.41) is 0. The summed E-state index contributed by atoms with van der Waals surface area (Å²) in [6, 6.07) is 1.91. The first kappa shape index (κ1) is 41.3. The topological polar surface area (TPSA) is 35.5 Å². The zero-order valence-corrected chi connectivity index (χ0v) is 25.2. The summed E-state index contributed by atoms with van der Waals surface area (Å²) < 4.78 is 237. The molecule has 22 heteroatoms. The predicted molar refractivity (Wildman–Crippen MR) is 127 cm³/mol. The standard InChI is InChI=1S/C23H19Br2F17O3/c1-2-3-4-5-7-44-14-12(24)9-11(10-13(14)25)15(43)45-8-6-16(26,27)17(28,29)18(30,31)19(32,33)20(34,35)21(36,37)22(38,39)23(40,41)42/h9-10H,2-8H2,1H3. The molecule has 0 fully saturated rings. The molecule has 0 heterocycles. The number of hydrogen-bond acceptors (Lipinski definition) is 3. The lowest BCUT2D eigenvalue weighted by Gasteiger charge is -2.42. The van der Waals surface area contributed by atoms with Crippen LogP contribution in [0.5, 0.6) is 5.75 Å². The average Bonchev–Trinajstić information content (AvgIpc) is 2.88. The van der Waals surface area contributed by atoms with E-state index in [0.29, 0.717) is 6.42 Å². The van der Waals surface area contributed by atoms with Gasteiger partial charge in [-0.2, -0.15) is 74.6 Å². The first-order valence-corrected chi connectivity index (χ1v) is 13.6. The van der Waals surface area contributed by atoms with Gasteiger partial charge in [-0.1, -0.05) is 26.2 Å². The maximum Gasteiger partial charge on any atom is 0.460 e. The second kappa shape index (κ2) is 13.8. The van der Waals surface area contributed by atoms with Gasteiger partial charge >= 0.3 is 53.6 Å². The van der Waals surface area contributed by atoms with Crippen LogP contribution in [0.2, 0.25) is 0 Å². The monoisotopic (exact) mass is 824 g/mol. The smallest absolute Gasteiger partial charge is 0.460 e. The van der Waals surface area contributed by atoms with E-state index in [-0.39, 0.29) is 21.3 Å². The molecule has 0 aliphatic carbocycles. The number of alkyl halides is 17. The number of esters is 1. The van der Waals surface area contributed by atoms with E-state index in [1.807, 2.05) is 6.92 Å². The Morgan fingerprint density at radius 3 is 1.47 bits per heavy atom. The van der Waals surface area contributed by atoms with Crippen LogP contribution in [0.1, 0.15) is 49.4 Å². The molecule has 0 atom stereocenters. The SMILES string of the molecule is CCCCCCOc1c(Br)cc(C(=O)OCCC(F)(F)C(F)(F)C(F)(F)C(F)(F)C(F)(F)C(F)(F)C(F)(F)C(F)(F)F)cc1Br. The Balaban J connectivity index is 3.16. The minimum Gasteiger partial charge on any atom is -0.491 e. The molecule has 3 nitrogen and oxygen atoms in total. The Hall–Kier alpha value is -1.74. The van der Waals surface area contributed by atoms with Crippen LogP contribution in [0.15, 0.2) is 21.1 Å². The molecule has 1 rings (SSSR count). The van der Waals surface area contributed by atoms with Gasteiger partial charge in [-0.25, -0.2) is 4.79 Å². The van der Waals surface area contributed by atoms with Gasteiger partial charge in [0.1, 0.15) is 5.75 Å². The first-order valence-electron chi connectivity index (χ1n) is 12.0. The normalized spacial score (nSPS) is 14.5. The van der Waals surface area contributed by atoms with Gasteiger partial charge in [-0.05, 0) is 50.4 Å². The van der Waals surface area contributed by atoms with Gasteiger partial charge in [-0.3, -0.25) is 0 Å². The average molecular weight is 826 g/mol. The van der Waals surface area contributed by atoms with Crippen molar-refractivity contribution >= 4 is 37.8 Å². The van der Waals surface area contributed by atoms with Crippen LogP contribution < -0.4 is 4.74 Å². The van der Waals surface area contributed by atoms with E-state index in [4.69, 9.17) is 4.74 Å². The van der Waals surface area contributed by atoms with E-state index in [9.17, 15) is 79.4 Å². The molecule has 0 aliphatic heterocycles. The van der Waals surface area contributed by atoms with Crippen molar-refractivity contribution in [2.75, 3.05) is 13.2 Å². The number of carbonyl (C=O) groups excluding carboxylic acids is 1. The van der Waals surface area contributed by atoms with Crippen LogP contribution in [-0.2, 0) is 4.74 Å². The van der Waals surface area contributed by atoms with Gasteiger partial charge in [0.05, 0.1) is 34.1 Å². The minimum absolute atomic E-state index is 0.0480. The van der Waals surface area contributed by atoms with Crippen molar-refractivity contribution in [2.45, 2.75) is 86.7 Å². The van der Waals surface area contributed by atoms with Crippen molar-refractivity contribution in [1.29, 1.82) is 0 Å². The van der Waals surface area contributed by atoms with E-state index in [2.05, 4.69) is 36.6 Å². The van der Waals surface area contributed by atoms with Gasteiger partial charge in [0, 0.05) is 0 Å². The molecule has 0 radical (unpaired) electrons. The third-order valence-corrected chi connectivity index (χ3v) is 7.09. The fourth-order valence-electron chi connectivity index (χ4n) is 3.23. The summed E-state index contributed by atoms with van der Waals surface area (Å²) >= 11 is 6.02. The molecule has 262 valence electrons. The number of benzene rings is 1. The van der Waals surface area contributed by atoms with Gasteiger partial charge < -0.3 is 9.47 Å². The summed E-state index contributed by atoms with van der Waals surface area (Å²) in [5.41, 5.74) is -0.536. The van der Waals surface area contributed by atoms with Crippen molar-refractivity contribution in [3.05, 3.63) is 26.6 Å². The molecule has 0 N–H and O–H groups in total. The lowest BCUT2D eigenvalue weighted by atomic mass is 9.88. The molecule has 0 unspecified atom stereocenters. The van der Waals surface area contributed by atoms with Crippen molar-refractivity contribution in [3.8, 4) is 5.75 Å². The maximum atomic E-state index is 14.0. The number of hydrogen-bond donors (Lipinski definition) is 0. The Labute approximate surface area is 259 Å². The number of ether oxygens (including phenoxy) is 2. The summed E-state index contributed by atoms with van der Waals surface area (Å²) in [5.74, 6) is -58.6.